The van der Waals surface area contributed by atoms with Gasteiger partial charge in [-0.15, -0.1) is 24.5 Å². The number of anilines is 1. The fourth-order valence-electron chi connectivity index (χ4n) is 2.62. The molecular formula is C20H19N3O2S2. The molecule has 0 aliphatic carbocycles. The molecule has 27 heavy (non-hydrogen) atoms. The highest BCUT2D eigenvalue weighted by atomic mass is 32.2. The smallest absolute Gasteiger partial charge is 0.263 e. The summed E-state index contributed by atoms with van der Waals surface area (Å²) in [7, 11) is 0. The molecule has 0 aliphatic rings. The monoisotopic (exact) mass is 397 g/mol. The zero-order valence-electron chi connectivity index (χ0n) is 14.7. The van der Waals surface area contributed by atoms with Crippen LogP contribution in [0.1, 0.15) is 0 Å². The van der Waals surface area contributed by atoms with Gasteiger partial charge < -0.3 is 4.90 Å². The molecule has 0 aliphatic heterocycles. The van der Waals surface area contributed by atoms with Crippen molar-refractivity contribution < 1.29 is 4.79 Å². The van der Waals surface area contributed by atoms with Crippen LogP contribution in [0, 0.1) is 0 Å². The van der Waals surface area contributed by atoms with Crippen molar-refractivity contribution in [1.29, 1.82) is 0 Å². The molecule has 0 N–H and O–H groups in total. The van der Waals surface area contributed by atoms with Crippen LogP contribution in [0.5, 0.6) is 0 Å². The number of carbonyl (C=O) groups is 1. The van der Waals surface area contributed by atoms with Crippen LogP contribution in [-0.2, 0) is 11.3 Å². The normalized spacial score (nSPS) is 10.7. The number of hydrogen-bond donors (Lipinski definition) is 0. The summed E-state index contributed by atoms with van der Waals surface area (Å²) in [5, 5.41) is 2.96. The van der Waals surface area contributed by atoms with Gasteiger partial charge in [0, 0.05) is 18.8 Å². The second-order valence-electron chi connectivity index (χ2n) is 5.66. The molecule has 0 atom stereocenters. The highest BCUT2D eigenvalue weighted by Crippen LogP contribution is 2.22. The second kappa shape index (κ2) is 8.83. The summed E-state index contributed by atoms with van der Waals surface area (Å²) in [6, 6.07) is 11.2. The summed E-state index contributed by atoms with van der Waals surface area (Å²) in [6.45, 7) is 8.22. The Balaban J connectivity index is 1.85. The summed E-state index contributed by atoms with van der Waals surface area (Å²) in [5.74, 6) is 0.0974. The van der Waals surface area contributed by atoms with E-state index in [0.29, 0.717) is 28.5 Å². The van der Waals surface area contributed by atoms with Crippen LogP contribution in [0.15, 0.2) is 77.0 Å². The summed E-state index contributed by atoms with van der Waals surface area (Å²) in [5.41, 5.74) is 0.704. The lowest BCUT2D eigenvalue weighted by molar-refractivity contribution is -0.116. The van der Waals surface area contributed by atoms with Gasteiger partial charge in [-0.2, -0.15) is 0 Å². The molecule has 0 saturated heterocycles. The first-order chi connectivity index (χ1) is 13.2. The minimum atomic E-state index is -0.109. The average Bonchev–Trinajstić information content (AvgIpc) is 3.16. The number of amides is 1. The lowest BCUT2D eigenvalue weighted by atomic mass is 10.3. The number of aromatic nitrogens is 2. The van der Waals surface area contributed by atoms with E-state index >= 15 is 0 Å². The number of fused-ring (bicyclic) bond motifs is 1. The number of hydrogen-bond acceptors (Lipinski definition) is 5. The molecule has 0 spiro atoms. The van der Waals surface area contributed by atoms with Gasteiger partial charge in [-0.05, 0) is 23.6 Å². The van der Waals surface area contributed by atoms with Gasteiger partial charge in [-0.25, -0.2) is 4.98 Å². The van der Waals surface area contributed by atoms with Gasteiger partial charge in [0.25, 0.3) is 5.56 Å². The van der Waals surface area contributed by atoms with Crippen LogP contribution < -0.4 is 10.5 Å². The van der Waals surface area contributed by atoms with E-state index in [-0.39, 0.29) is 17.2 Å². The van der Waals surface area contributed by atoms with E-state index in [4.69, 9.17) is 0 Å². The second-order valence-corrected chi connectivity index (χ2v) is 7.49. The summed E-state index contributed by atoms with van der Waals surface area (Å²) >= 11 is 2.68. The summed E-state index contributed by atoms with van der Waals surface area (Å²) in [6.07, 6.45) is 3.35. The molecule has 0 saturated carbocycles. The van der Waals surface area contributed by atoms with Gasteiger partial charge >= 0.3 is 0 Å². The van der Waals surface area contributed by atoms with Crippen molar-refractivity contribution in [1.82, 2.24) is 9.55 Å². The number of allylic oxidation sites excluding steroid dienone is 1. The van der Waals surface area contributed by atoms with Crippen LogP contribution in [0.2, 0.25) is 0 Å². The third-order valence-corrected chi connectivity index (χ3v) is 5.63. The van der Waals surface area contributed by atoms with Crippen molar-refractivity contribution in [2.45, 2.75) is 11.7 Å². The fourth-order valence-corrected chi connectivity index (χ4v) is 4.31. The van der Waals surface area contributed by atoms with Crippen LogP contribution in [0.3, 0.4) is 0 Å². The van der Waals surface area contributed by atoms with Crippen LogP contribution in [0.4, 0.5) is 5.69 Å². The Kier molecular flexibility index (Phi) is 6.26. The number of thiophene rings is 1. The van der Waals surface area contributed by atoms with Gasteiger partial charge in [0.05, 0.1) is 11.1 Å². The van der Waals surface area contributed by atoms with Crippen LogP contribution in [-0.4, -0.2) is 27.8 Å². The maximum Gasteiger partial charge on any atom is 0.263 e. The Morgan fingerprint density at radius 2 is 2.00 bits per heavy atom. The third kappa shape index (κ3) is 4.20. The first-order valence-electron chi connectivity index (χ1n) is 8.33. The molecule has 3 aromatic rings. The summed E-state index contributed by atoms with van der Waals surface area (Å²) < 4.78 is 1.56. The molecule has 1 aromatic carbocycles. The minimum Gasteiger partial charge on any atom is -0.308 e. The van der Waals surface area contributed by atoms with Crippen molar-refractivity contribution in [2.24, 2.45) is 0 Å². The molecule has 3 rings (SSSR count). The molecule has 7 heteroatoms. The Labute approximate surface area is 165 Å². The molecule has 1 amide bonds. The zero-order chi connectivity index (χ0) is 19.2. The SMILES string of the molecule is C=CCN(C(=O)CSc1nc2sccc2c(=O)n1CC=C)c1ccccc1. The Bertz CT molecular complexity index is 1020. The Morgan fingerprint density at radius 1 is 1.22 bits per heavy atom. The van der Waals surface area contributed by atoms with Gasteiger partial charge in [-0.1, -0.05) is 42.1 Å². The number of rotatable bonds is 8. The topological polar surface area (TPSA) is 55.2 Å². The minimum absolute atomic E-state index is 0.0724. The van der Waals surface area contributed by atoms with E-state index < -0.39 is 0 Å². The van der Waals surface area contributed by atoms with Gasteiger partial charge in [0.15, 0.2) is 5.16 Å². The highest BCUT2D eigenvalue weighted by molar-refractivity contribution is 7.99. The van der Waals surface area contributed by atoms with Crippen molar-refractivity contribution in [3.05, 3.63) is 77.4 Å². The first-order valence-corrected chi connectivity index (χ1v) is 10.2. The number of nitrogens with zero attached hydrogens (tertiary/aromatic N) is 3. The highest BCUT2D eigenvalue weighted by Gasteiger charge is 2.17. The predicted molar refractivity (Wildman–Crippen MR) is 114 cm³/mol. The fraction of sp³-hybridized carbons (Fsp3) is 0.150. The first kappa shape index (κ1) is 19.1. The molecule has 2 heterocycles. The molecule has 2 aromatic heterocycles. The summed E-state index contributed by atoms with van der Waals surface area (Å²) in [4.78, 5) is 32.4. The number of thioether (sulfide) groups is 1. The molecule has 5 nitrogen and oxygen atoms in total. The largest absolute Gasteiger partial charge is 0.308 e. The molecule has 0 radical (unpaired) electrons. The lowest BCUT2D eigenvalue weighted by Crippen LogP contribution is -2.33. The maximum atomic E-state index is 12.8. The van der Waals surface area contributed by atoms with E-state index in [9.17, 15) is 9.59 Å². The van der Waals surface area contributed by atoms with Gasteiger partial charge in [-0.3, -0.25) is 14.2 Å². The van der Waals surface area contributed by atoms with E-state index in [1.807, 2.05) is 35.7 Å². The average molecular weight is 398 g/mol. The standard InChI is InChI=1S/C20H19N3O2S2/c1-3-11-22(15-8-6-5-7-9-15)17(24)14-27-20-21-18-16(10-13-26-18)19(25)23(20)12-4-2/h3-10,13H,1-2,11-12,14H2. The zero-order valence-corrected chi connectivity index (χ0v) is 16.3. The van der Waals surface area contributed by atoms with Crippen molar-refractivity contribution in [3.63, 3.8) is 0 Å². The Hall–Kier alpha value is -2.64. The molecular weight excluding hydrogens is 378 g/mol. The molecule has 0 unspecified atom stereocenters. The van der Waals surface area contributed by atoms with E-state index in [2.05, 4.69) is 18.1 Å². The van der Waals surface area contributed by atoms with Crippen molar-refractivity contribution >= 4 is 44.9 Å². The van der Waals surface area contributed by atoms with E-state index in [0.717, 1.165) is 5.69 Å². The van der Waals surface area contributed by atoms with E-state index in [1.165, 1.54) is 23.1 Å². The van der Waals surface area contributed by atoms with Crippen molar-refractivity contribution in [2.75, 3.05) is 17.2 Å². The van der Waals surface area contributed by atoms with Gasteiger partial charge in [0.2, 0.25) is 5.91 Å². The Morgan fingerprint density at radius 3 is 2.70 bits per heavy atom. The predicted octanol–water partition coefficient (Wildman–Crippen LogP) is 3.96. The van der Waals surface area contributed by atoms with Crippen LogP contribution in [0.25, 0.3) is 10.2 Å². The number of para-hydroxylation sites is 1. The van der Waals surface area contributed by atoms with Gasteiger partial charge in [0.1, 0.15) is 4.83 Å². The quantitative estimate of drug-likeness (QED) is 0.328. The van der Waals surface area contributed by atoms with E-state index in [1.54, 1.807) is 27.7 Å². The molecule has 138 valence electrons. The third-order valence-electron chi connectivity index (χ3n) is 3.87. The maximum absolute atomic E-state index is 12.8. The number of benzene rings is 1. The van der Waals surface area contributed by atoms with Crippen molar-refractivity contribution in [3.8, 4) is 0 Å². The van der Waals surface area contributed by atoms with Crippen LogP contribution >= 0.6 is 23.1 Å². The lowest BCUT2D eigenvalue weighted by Gasteiger charge is -2.21. The molecule has 0 bridgehead atoms. The molecule has 0 fully saturated rings. The number of carbonyl (C=O) groups excluding carboxylic acids is 1.